The number of benzene rings is 4. The number of anilines is 1. The Morgan fingerprint density at radius 3 is 2.30 bits per heavy atom. The molecule has 1 fully saturated rings. The monoisotopic (exact) mass is 526 g/mol. The third-order valence-corrected chi connectivity index (χ3v) is 7.57. The number of carbonyl (C=O) groups excluding carboxylic acids is 2. The summed E-state index contributed by atoms with van der Waals surface area (Å²) in [6.07, 6.45) is 2.76. The molecule has 37 heavy (non-hydrogen) atoms. The van der Waals surface area contributed by atoms with Crippen LogP contribution in [0.15, 0.2) is 83.8 Å². The molecule has 0 saturated carbocycles. The fourth-order valence-electron chi connectivity index (χ4n) is 4.45. The van der Waals surface area contributed by atoms with Crippen LogP contribution in [0.3, 0.4) is 0 Å². The largest absolute Gasteiger partial charge is 0.494 e. The molecule has 2 amide bonds. The Balaban J connectivity index is 1.27. The van der Waals surface area contributed by atoms with E-state index in [4.69, 9.17) is 17.0 Å². The number of hydrogen-bond donors (Lipinski definition) is 1. The summed E-state index contributed by atoms with van der Waals surface area (Å²) in [6.45, 7) is 2.92. The predicted molar refractivity (Wildman–Crippen MR) is 157 cm³/mol. The number of carbonyl (C=O) groups is 2. The Morgan fingerprint density at radius 2 is 1.65 bits per heavy atom. The molecule has 0 aromatic heterocycles. The molecule has 1 aliphatic rings. The molecule has 5 nitrogen and oxygen atoms in total. The standard InChI is InChI=1S/C30H26N2O3S2/c1-2-35-23-15-13-22(14-16-23)31-28(33)12-7-17-32-29(34)27(37-30(32)36)19-26-24-10-5-3-8-20(24)18-21-9-4-6-11-25(21)26/h3-6,8-11,13-16,18-19H,2,7,12,17H2,1H3,(H,31,33)/b27-19-. The second-order valence-corrected chi connectivity index (χ2v) is 10.4. The molecule has 4 aromatic carbocycles. The van der Waals surface area contributed by atoms with Gasteiger partial charge in [0.2, 0.25) is 5.91 Å². The summed E-state index contributed by atoms with van der Waals surface area (Å²) >= 11 is 6.85. The van der Waals surface area contributed by atoms with Crippen molar-refractivity contribution in [1.82, 2.24) is 4.90 Å². The first kappa shape index (κ1) is 25.0. The molecule has 0 aliphatic carbocycles. The molecule has 5 rings (SSSR count). The summed E-state index contributed by atoms with van der Waals surface area (Å²) in [6, 6.07) is 25.8. The smallest absolute Gasteiger partial charge is 0.266 e. The number of amides is 2. The molecule has 0 spiro atoms. The third-order valence-electron chi connectivity index (χ3n) is 6.20. The summed E-state index contributed by atoms with van der Waals surface area (Å²) in [5, 5.41) is 7.33. The molecule has 1 aliphatic heterocycles. The summed E-state index contributed by atoms with van der Waals surface area (Å²) in [5.41, 5.74) is 1.73. The van der Waals surface area contributed by atoms with Crippen molar-refractivity contribution in [2.75, 3.05) is 18.5 Å². The second-order valence-electron chi connectivity index (χ2n) is 8.67. The predicted octanol–water partition coefficient (Wildman–Crippen LogP) is 7.01. The highest BCUT2D eigenvalue weighted by atomic mass is 32.2. The molecule has 0 bridgehead atoms. The third kappa shape index (κ3) is 5.53. The molecule has 0 unspecified atom stereocenters. The van der Waals surface area contributed by atoms with Crippen molar-refractivity contribution in [3.63, 3.8) is 0 Å². The highest BCUT2D eigenvalue weighted by molar-refractivity contribution is 8.26. The van der Waals surface area contributed by atoms with Crippen LogP contribution >= 0.6 is 24.0 Å². The zero-order valence-corrected chi connectivity index (χ0v) is 22.0. The van der Waals surface area contributed by atoms with E-state index < -0.39 is 0 Å². The lowest BCUT2D eigenvalue weighted by Gasteiger charge is -2.14. The Kier molecular flexibility index (Phi) is 7.53. The molecule has 4 aromatic rings. The number of nitrogens with zero attached hydrogens (tertiary/aromatic N) is 1. The van der Waals surface area contributed by atoms with E-state index in [9.17, 15) is 9.59 Å². The SMILES string of the molecule is CCOc1ccc(NC(=O)CCCN2C(=O)/C(=C/c3c4ccccc4cc4ccccc34)SC2=S)cc1. The van der Waals surface area contributed by atoms with Crippen LogP contribution in [0.1, 0.15) is 25.3 Å². The first-order valence-electron chi connectivity index (χ1n) is 12.2. The van der Waals surface area contributed by atoms with Gasteiger partial charge in [0, 0.05) is 18.7 Å². The average Bonchev–Trinajstić information content (AvgIpc) is 3.17. The van der Waals surface area contributed by atoms with E-state index in [0.29, 0.717) is 34.5 Å². The van der Waals surface area contributed by atoms with E-state index in [0.717, 1.165) is 32.9 Å². The lowest BCUT2D eigenvalue weighted by molar-refractivity contribution is -0.122. The van der Waals surface area contributed by atoms with Gasteiger partial charge < -0.3 is 10.1 Å². The van der Waals surface area contributed by atoms with Crippen molar-refractivity contribution in [3.8, 4) is 5.75 Å². The Hall–Kier alpha value is -3.68. The number of fused-ring (bicyclic) bond motifs is 2. The normalized spacial score (nSPS) is 14.6. The van der Waals surface area contributed by atoms with Crippen LogP contribution in [0.2, 0.25) is 0 Å². The quantitative estimate of drug-likeness (QED) is 0.152. The number of thioether (sulfide) groups is 1. The van der Waals surface area contributed by atoms with Gasteiger partial charge in [0.25, 0.3) is 5.91 Å². The van der Waals surface area contributed by atoms with E-state index >= 15 is 0 Å². The summed E-state index contributed by atoms with van der Waals surface area (Å²) in [7, 11) is 0. The molecule has 7 heteroatoms. The number of ether oxygens (including phenoxy) is 1. The summed E-state index contributed by atoms with van der Waals surface area (Å²) < 4.78 is 5.95. The second kappa shape index (κ2) is 11.2. The topological polar surface area (TPSA) is 58.6 Å². The van der Waals surface area contributed by atoms with Crippen LogP contribution in [-0.4, -0.2) is 34.2 Å². The molecule has 0 atom stereocenters. The first-order valence-corrected chi connectivity index (χ1v) is 13.4. The average molecular weight is 527 g/mol. The van der Waals surface area contributed by atoms with Crippen molar-refractivity contribution in [3.05, 3.63) is 89.3 Å². The zero-order valence-electron chi connectivity index (χ0n) is 20.4. The van der Waals surface area contributed by atoms with E-state index in [1.807, 2.05) is 61.5 Å². The summed E-state index contributed by atoms with van der Waals surface area (Å²) in [4.78, 5) is 27.9. The maximum atomic E-state index is 13.3. The van der Waals surface area contributed by atoms with Gasteiger partial charge in [-0.3, -0.25) is 14.5 Å². The van der Waals surface area contributed by atoms with Crippen molar-refractivity contribution in [2.24, 2.45) is 0 Å². The van der Waals surface area contributed by atoms with Gasteiger partial charge in [0.05, 0.1) is 11.5 Å². The maximum Gasteiger partial charge on any atom is 0.266 e. The fourth-order valence-corrected chi connectivity index (χ4v) is 5.74. The van der Waals surface area contributed by atoms with Gasteiger partial charge in [0.15, 0.2) is 0 Å². The van der Waals surface area contributed by atoms with Gasteiger partial charge in [-0.2, -0.15) is 0 Å². The minimum absolute atomic E-state index is 0.104. The van der Waals surface area contributed by atoms with Crippen LogP contribution in [-0.2, 0) is 9.59 Å². The minimum Gasteiger partial charge on any atom is -0.494 e. The molecular weight excluding hydrogens is 500 g/mol. The lowest BCUT2D eigenvalue weighted by Crippen LogP contribution is -2.29. The van der Waals surface area contributed by atoms with E-state index in [1.54, 1.807) is 4.90 Å². The Labute approximate surface area is 225 Å². The number of nitrogens with one attached hydrogen (secondary N) is 1. The lowest BCUT2D eigenvalue weighted by atomic mass is 9.96. The zero-order chi connectivity index (χ0) is 25.8. The molecule has 1 N–H and O–H groups in total. The molecule has 1 saturated heterocycles. The van der Waals surface area contributed by atoms with Crippen molar-refractivity contribution in [2.45, 2.75) is 19.8 Å². The van der Waals surface area contributed by atoms with E-state index in [1.165, 1.54) is 11.8 Å². The minimum atomic E-state index is -0.112. The highest BCUT2D eigenvalue weighted by Crippen LogP contribution is 2.36. The van der Waals surface area contributed by atoms with Gasteiger partial charge in [0.1, 0.15) is 10.1 Å². The van der Waals surface area contributed by atoms with Gasteiger partial charge in [-0.1, -0.05) is 72.5 Å². The van der Waals surface area contributed by atoms with Crippen molar-refractivity contribution < 1.29 is 14.3 Å². The van der Waals surface area contributed by atoms with Crippen molar-refractivity contribution in [1.29, 1.82) is 0 Å². The van der Waals surface area contributed by atoms with Gasteiger partial charge in [-0.05, 0) is 76.9 Å². The fraction of sp³-hybridized carbons (Fsp3) is 0.167. The van der Waals surface area contributed by atoms with Gasteiger partial charge >= 0.3 is 0 Å². The summed E-state index contributed by atoms with van der Waals surface area (Å²) in [5.74, 6) is 0.547. The molecule has 0 radical (unpaired) electrons. The number of hydrogen-bond acceptors (Lipinski definition) is 5. The van der Waals surface area contributed by atoms with Crippen molar-refractivity contribution >= 4 is 73.4 Å². The molecule has 1 heterocycles. The van der Waals surface area contributed by atoms with Crippen LogP contribution in [0.25, 0.3) is 27.6 Å². The maximum absolute atomic E-state index is 13.3. The first-order chi connectivity index (χ1) is 18.0. The number of rotatable bonds is 8. The van der Waals surface area contributed by atoms with Crippen LogP contribution < -0.4 is 10.1 Å². The molecule has 186 valence electrons. The Morgan fingerprint density at radius 1 is 1.00 bits per heavy atom. The van der Waals surface area contributed by atoms with Crippen LogP contribution in [0.5, 0.6) is 5.75 Å². The van der Waals surface area contributed by atoms with Crippen LogP contribution in [0, 0.1) is 0 Å². The highest BCUT2D eigenvalue weighted by Gasteiger charge is 2.32. The number of thiocarbonyl (C=S) groups is 1. The van der Waals surface area contributed by atoms with E-state index in [2.05, 4.69) is 35.6 Å². The van der Waals surface area contributed by atoms with Crippen LogP contribution in [0.4, 0.5) is 5.69 Å². The van der Waals surface area contributed by atoms with E-state index in [-0.39, 0.29) is 18.2 Å². The van der Waals surface area contributed by atoms with Gasteiger partial charge in [-0.25, -0.2) is 0 Å². The Bertz CT molecular complexity index is 1480. The molecular formula is C30H26N2O3S2. The van der Waals surface area contributed by atoms with Gasteiger partial charge in [-0.15, -0.1) is 0 Å².